The number of carbonyl (C=O) groups is 1. The number of hydrogen-bond acceptors (Lipinski definition) is 5. The fourth-order valence-electron chi connectivity index (χ4n) is 3.55. The van der Waals surface area contributed by atoms with Crippen molar-refractivity contribution >= 4 is 23.4 Å². The van der Waals surface area contributed by atoms with Crippen LogP contribution in [0.4, 0.5) is 5.69 Å². The Balaban J connectivity index is 1.49. The van der Waals surface area contributed by atoms with E-state index >= 15 is 0 Å². The van der Waals surface area contributed by atoms with Crippen LogP contribution in [0.2, 0.25) is 0 Å². The maximum atomic E-state index is 12.5. The number of rotatable bonds is 8. The van der Waals surface area contributed by atoms with E-state index in [2.05, 4.69) is 27.0 Å². The first-order valence-electron chi connectivity index (χ1n) is 10.0. The lowest BCUT2D eigenvalue weighted by atomic mass is 10.1. The standard InChI is InChI=1S/C23H25N3O3S/c1-28-21-12-6-5-11-19(21)25-22(27)16-30-23-24-14-20(17-8-3-2-4-9-17)26(23)15-18-10-7-13-29-18/h2-6,8-9,11-12,14,18H,7,10,13,15-16H2,1H3,(H,25,27)/t18-/m0/s1. The second-order valence-electron chi connectivity index (χ2n) is 7.07. The molecule has 6 nitrogen and oxygen atoms in total. The zero-order valence-corrected chi connectivity index (χ0v) is 17.7. The molecular weight excluding hydrogens is 398 g/mol. The van der Waals surface area contributed by atoms with Crippen molar-refractivity contribution in [1.82, 2.24) is 9.55 Å². The number of methoxy groups -OCH3 is 1. The molecule has 0 saturated carbocycles. The van der Waals surface area contributed by atoms with Gasteiger partial charge < -0.3 is 19.4 Å². The second-order valence-corrected chi connectivity index (χ2v) is 8.02. The normalized spacial score (nSPS) is 15.8. The van der Waals surface area contributed by atoms with Crippen LogP contribution in [-0.2, 0) is 16.1 Å². The number of anilines is 1. The Morgan fingerprint density at radius 3 is 2.80 bits per heavy atom. The predicted molar refractivity (Wildman–Crippen MR) is 119 cm³/mol. The molecule has 1 saturated heterocycles. The minimum Gasteiger partial charge on any atom is -0.495 e. The molecule has 1 aliphatic heterocycles. The molecule has 1 fully saturated rings. The number of carbonyl (C=O) groups excluding carboxylic acids is 1. The van der Waals surface area contributed by atoms with Crippen molar-refractivity contribution in [1.29, 1.82) is 0 Å². The highest BCUT2D eigenvalue weighted by Gasteiger charge is 2.21. The van der Waals surface area contributed by atoms with E-state index in [-0.39, 0.29) is 17.8 Å². The van der Waals surface area contributed by atoms with Gasteiger partial charge in [0.25, 0.3) is 0 Å². The summed E-state index contributed by atoms with van der Waals surface area (Å²) in [5, 5.41) is 3.74. The van der Waals surface area contributed by atoms with Gasteiger partial charge in [-0.3, -0.25) is 4.79 Å². The number of amides is 1. The molecule has 0 spiro atoms. The molecule has 1 aliphatic rings. The van der Waals surface area contributed by atoms with Gasteiger partial charge in [0.15, 0.2) is 5.16 Å². The Labute approximate surface area is 180 Å². The number of nitrogens with zero attached hydrogens (tertiary/aromatic N) is 2. The molecule has 0 radical (unpaired) electrons. The summed E-state index contributed by atoms with van der Waals surface area (Å²) in [6, 6.07) is 17.6. The van der Waals surface area contributed by atoms with Crippen molar-refractivity contribution in [2.24, 2.45) is 0 Å². The SMILES string of the molecule is COc1ccccc1NC(=O)CSc1ncc(-c2ccccc2)n1C[C@@H]1CCCO1. The lowest BCUT2D eigenvalue weighted by molar-refractivity contribution is -0.113. The highest BCUT2D eigenvalue weighted by Crippen LogP contribution is 2.29. The van der Waals surface area contributed by atoms with Crippen LogP contribution in [0.3, 0.4) is 0 Å². The van der Waals surface area contributed by atoms with E-state index < -0.39 is 0 Å². The van der Waals surface area contributed by atoms with Gasteiger partial charge in [0.05, 0.1) is 43.1 Å². The van der Waals surface area contributed by atoms with Crippen molar-refractivity contribution in [3.05, 3.63) is 60.8 Å². The summed E-state index contributed by atoms with van der Waals surface area (Å²) in [6.07, 6.45) is 4.20. The summed E-state index contributed by atoms with van der Waals surface area (Å²) >= 11 is 1.43. The fraction of sp³-hybridized carbons (Fsp3) is 0.304. The van der Waals surface area contributed by atoms with Crippen LogP contribution in [0.5, 0.6) is 5.75 Å². The quantitative estimate of drug-likeness (QED) is 0.542. The fourth-order valence-corrected chi connectivity index (χ4v) is 4.33. The molecule has 1 atom stereocenters. The van der Waals surface area contributed by atoms with Crippen LogP contribution in [0.15, 0.2) is 66.0 Å². The van der Waals surface area contributed by atoms with Gasteiger partial charge in [-0.25, -0.2) is 4.98 Å². The number of imidazole rings is 1. The molecule has 4 rings (SSSR count). The van der Waals surface area contributed by atoms with Gasteiger partial charge >= 0.3 is 0 Å². The van der Waals surface area contributed by atoms with Crippen molar-refractivity contribution < 1.29 is 14.3 Å². The van der Waals surface area contributed by atoms with Gasteiger partial charge in [0.2, 0.25) is 5.91 Å². The van der Waals surface area contributed by atoms with E-state index in [1.807, 2.05) is 48.7 Å². The molecule has 7 heteroatoms. The zero-order chi connectivity index (χ0) is 20.8. The van der Waals surface area contributed by atoms with E-state index in [0.29, 0.717) is 11.4 Å². The van der Waals surface area contributed by atoms with E-state index in [0.717, 1.165) is 42.4 Å². The number of ether oxygens (including phenoxy) is 2. The molecule has 30 heavy (non-hydrogen) atoms. The van der Waals surface area contributed by atoms with Gasteiger partial charge in [-0.2, -0.15) is 0 Å². The third kappa shape index (κ3) is 4.86. The van der Waals surface area contributed by atoms with E-state index in [4.69, 9.17) is 9.47 Å². The molecule has 0 bridgehead atoms. The largest absolute Gasteiger partial charge is 0.495 e. The third-order valence-electron chi connectivity index (χ3n) is 5.01. The molecule has 156 valence electrons. The second kappa shape index (κ2) is 9.82. The highest BCUT2D eigenvalue weighted by atomic mass is 32.2. The lowest BCUT2D eigenvalue weighted by Gasteiger charge is -2.16. The van der Waals surface area contributed by atoms with Gasteiger partial charge in [-0.15, -0.1) is 0 Å². The van der Waals surface area contributed by atoms with Crippen molar-refractivity contribution in [3.8, 4) is 17.0 Å². The molecule has 2 aromatic carbocycles. The smallest absolute Gasteiger partial charge is 0.234 e. The summed E-state index contributed by atoms with van der Waals surface area (Å²) in [5.41, 5.74) is 2.81. The van der Waals surface area contributed by atoms with Crippen LogP contribution in [0.25, 0.3) is 11.3 Å². The summed E-state index contributed by atoms with van der Waals surface area (Å²) < 4.78 is 13.3. The molecular formula is C23H25N3O3S. The molecule has 3 aromatic rings. The van der Waals surface area contributed by atoms with E-state index in [1.54, 1.807) is 7.11 Å². The Hall–Kier alpha value is -2.77. The predicted octanol–water partition coefficient (Wildman–Crippen LogP) is 4.47. The molecule has 1 amide bonds. The molecule has 1 N–H and O–H groups in total. The van der Waals surface area contributed by atoms with Crippen molar-refractivity contribution in [2.75, 3.05) is 24.8 Å². The summed E-state index contributed by atoms with van der Waals surface area (Å²) in [6.45, 7) is 1.55. The number of hydrogen-bond donors (Lipinski definition) is 1. The van der Waals surface area contributed by atoms with Gasteiger partial charge in [-0.1, -0.05) is 54.2 Å². The first-order valence-corrected chi connectivity index (χ1v) is 11.0. The monoisotopic (exact) mass is 423 g/mol. The average Bonchev–Trinajstić information content (AvgIpc) is 3.44. The van der Waals surface area contributed by atoms with Crippen molar-refractivity contribution in [3.63, 3.8) is 0 Å². The summed E-state index contributed by atoms with van der Waals surface area (Å²) in [4.78, 5) is 17.2. The Bertz CT molecular complexity index is 984. The minimum atomic E-state index is -0.0996. The summed E-state index contributed by atoms with van der Waals surface area (Å²) in [7, 11) is 1.59. The van der Waals surface area contributed by atoms with E-state index in [9.17, 15) is 4.79 Å². The van der Waals surface area contributed by atoms with Gasteiger partial charge in [-0.05, 0) is 30.5 Å². The first-order chi connectivity index (χ1) is 14.7. The Morgan fingerprint density at radius 1 is 1.23 bits per heavy atom. The van der Waals surface area contributed by atoms with Gasteiger partial charge in [0, 0.05) is 6.61 Å². The van der Waals surface area contributed by atoms with Crippen LogP contribution >= 0.6 is 11.8 Å². The van der Waals surface area contributed by atoms with Crippen LogP contribution in [0.1, 0.15) is 12.8 Å². The molecule has 1 aromatic heterocycles. The third-order valence-corrected chi connectivity index (χ3v) is 6.00. The van der Waals surface area contributed by atoms with Crippen LogP contribution < -0.4 is 10.1 Å². The molecule has 2 heterocycles. The topological polar surface area (TPSA) is 65.4 Å². The van der Waals surface area contributed by atoms with Gasteiger partial charge in [0.1, 0.15) is 5.75 Å². The zero-order valence-electron chi connectivity index (χ0n) is 16.9. The maximum absolute atomic E-state index is 12.5. The number of thioether (sulfide) groups is 1. The van der Waals surface area contributed by atoms with Crippen molar-refractivity contribution in [2.45, 2.75) is 30.6 Å². The average molecular weight is 424 g/mol. The Kier molecular flexibility index (Phi) is 6.71. The van der Waals surface area contributed by atoms with Crippen LogP contribution in [-0.4, -0.2) is 41.0 Å². The minimum absolute atomic E-state index is 0.0996. The number of aromatic nitrogens is 2. The Morgan fingerprint density at radius 2 is 2.03 bits per heavy atom. The van der Waals surface area contributed by atoms with Crippen LogP contribution in [0, 0.1) is 0 Å². The highest BCUT2D eigenvalue weighted by molar-refractivity contribution is 7.99. The van der Waals surface area contributed by atoms with E-state index in [1.165, 1.54) is 11.8 Å². The molecule has 0 aliphatic carbocycles. The first kappa shape index (κ1) is 20.5. The number of benzene rings is 2. The molecule has 0 unspecified atom stereocenters. The number of para-hydroxylation sites is 2. The number of nitrogens with one attached hydrogen (secondary N) is 1. The summed E-state index contributed by atoms with van der Waals surface area (Å²) in [5.74, 6) is 0.800. The maximum Gasteiger partial charge on any atom is 0.234 e. The lowest BCUT2D eigenvalue weighted by Crippen LogP contribution is -2.18.